The van der Waals surface area contributed by atoms with Crippen molar-refractivity contribution < 1.29 is 14.1 Å². The molecule has 1 fully saturated rings. The second-order valence-corrected chi connectivity index (χ2v) is 5.96. The highest BCUT2D eigenvalue weighted by molar-refractivity contribution is 6.56. The minimum Gasteiger partial charge on any atom is -0.403 e. The van der Waals surface area contributed by atoms with Crippen molar-refractivity contribution in [3.05, 3.63) is 0 Å². The molecule has 0 radical (unpaired) electrons. The molecular formula is C11H20BNO3. The Morgan fingerprint density at radius 3 is 1.94 bits per heavy atom. The van der Waals surface area contributed by atoms with Crippen LogP contribution in [0.3, 0.4) is 0 Å². The van der Waals surface area contributed by atoms with Gasteiger partial charge in [0.05, 0.1) is 22.2 Å². The molecule has 1 unspecified atom stereocenters. The Hall–Kier alpha value is -0.545. The minimum atomic E-state index is -0.302. The van der Waals surface area contributed by atoms with E-state index >= 15 is 0 Å². The molecule has 0 aromatic heterocycles. The minimum absolute atomic E-state index is 0.273. The quantitative estimate of drug-likeness (QED) is 0.642. The first-order valence-electron chi connectivity index (χ1n) is 5.72. The lowest BCUT2D eigenvalue weighted by Crippen LogP contribution is -2.41. The van der Waals surface area contributed by atoms with Crippen LogP contribution in [0.15, 0.2) is 5.16 Å². The molecule has 2 aliphatic heterocycles. The van der Waals surface area contributed by atoms with E-state index in [2.05, 4.69) is 39.8 Å². The summed E-state index contributed by atoms with van der Waals surface area (Å²) in [4.78, 5) is 5.15. The number of oxime groups is 1. The van der Waals surface area contributed by atoms with E-state index in [1.54, 1.807) is 0 Å². The second-order valence-electron chi connectivity index (χ2n) is 5.96. The molecule has 2 aliphatic rings. The van der Waals surface area contributed by atoms with Crippen LogP contribution >= 0.6 is 0 Å². The maximum atomic E-state index is 6.04. The molecule has 5 heteroatoms. The first-order valence-corrected chi connectivity index (χ1v) is 5.72. The summed E-state index contributed by atoms with van der Waals surface area (Å²) in [6.07, 6.45) is 0. The third-order valence-corrected chi connectivity index (χ3v) is 4.17. The van der Waals surface area contributed by atoms with E-state index in [9.17, 15) is 0 Å². The normalized spacial score (nSPS) is 36.1. The van der Waals surface area contributed by atoms with Gasteiger partial charge in [0.15, 0.2) is 0 Å². The van der Waals surface area contributed by atoms with Crippen molar-refractivity contribution in [2.45, 2.75) is 58.1 Å². The fourth-order valence-corrected chi connectivity index (χ4v) is 1.81. The largest absolute Gasteiger partial charge is 0.473 e. The summed E-state index contributed by atoms with van der Waals surface area (Å²) in [7, 11) is -0.288. The van der Waals surface area contributed by atoms with Gasteiger partial charge in [-0.15, -0.1) is 0 Å². The molecule has 1 saturated heterocycles. The zero-order chi connectivity index (χ0) is 12.2. The van der Waals surface area contributed by atoms with Crippen LogP contribution in [0, 0.1) is 0 Å². The van der Waals surface area contributed by atoms with Gasteiger partial charge >= 0.3 is 7.12 Å². The van der Waals surface area contributed by atoms with Crippen LogP contribution in [-0.2, 0) is 14.1 Å². The van der Waals surface area contributed by atoms with E-state index in [0.29, 0.717) is 6.61 Å². The van der Waals surface area contributed by atoms with Crippen molar-refractivity contribution in [1.29, 1.82) is 0 Å². The van der Waals surface area contributed by atoms with Gasteiger partial charge in [0.2, 0.25) is 0 Å². The third-order valence-electron chi connectivity index (χ3n) is 4.17. The number of nitrogens with zero attached hydrogens (tertiary/aromatic N) is 1. The lowest BCUT2D eigenvalue weighted by molar-refractivity contribution is 0.00578. The van der Waals surface area contributed by atoms with Crippen LogP contribution in [-0.4, -0.2) is 30.6 Å². The Bertz CT molecular complexity index is 324. The topological polar surface area (TPSA) is 40.0 Å². The van der Waals surface area contributed by atoms with E-state index in [0.717, 1.165) is 5.71 Å². The van der Waals surface area contributed by atoms with Crippen LogP contribution in [0.2, 0.25) is 5.31 Å². The highest BCUT2D eigenvalue weighted by Gasteiger charge is 2.60. The Labute approximate surface area is 97.5 Å². The van der Waals surface area contributed by atoms with Gasteiger partial charge in [-0.3, -0.25) is 0 Å². The molecule has 0 bridgehead atoms. The van der Waals surface area contributed by atoms with Crippen molar-refractivity contribution in [2.75, 3.05) is 6.61 Å². The second kappa shape index (κ2) is 3.23. The summed E-state index contributed by atoms with van der Waals surface area (Å²) in [6, 6.07) is 0. The predicted octanol–water partition coefficient (Wildman–Crippen LogP) is 2.25. The standard InChI is InChI=1S/C11H20BNO3/c1-8-11(6,7-14-13-8)12-15-9(2,3)10(4,5)16-12/h7H2,1-6H3. The average Bonchev–Trinajstić information content (AvgIpc) is 2.55. The molecule has 4 nitrogen and oxygen atoms in total. The maximum Gasteiger partial charge on any atom is 0.473 e. The number of rotatable bonds is 1. The van der Waals surface area contributed by atoms with Crippen LogP contribution < -0.4 is 0 Å². The SMILES string of the molecule is CC1=NOCC1(C)B1OC(C)(C)C(C)(C)O1. The van der Waals surface area contributed by atoms with Gasteiger partial charge in [-0.25, -0.2) is 0 Å². The lowest BCUT2D eigenvalue weighted by atomic mass is 9.57. The molecule has 0 aromatic rings. The van der Waals surface area contributed by atoms with Gasteiger partial charge in [0.25, 0.3) is 0 Å². The highest BCUT2D eigenvalue weighted by Crippen LogP contribution is 2.47. The monoisotopic (exact) mass is 225 g/mol. The summed E-state index contributed by atoms with van der Waals surface area (Å²) in [6.45, 7) is 12.8. The Morgan fingerprint density at radius 1 is 1.06 bits per heavy atom. The molecule has 0 N–H and O–H groups in total. The predicted molar refractivity (Wildman–Crippen MR) is 63.5 cm³/mol. The smallest absolute Gasteiger partial charge is 0.403 e. The number of hydrogen-bond acceptors (Lipinski definition) is 4. The van der Waals surface area contributed by atoms with Gasteiger partial charge in [0, 0.05) is 0 Å². The van der Waals surface area contributed by atoms with Crippen molar-refractivity contribution in [2.24, 2.45) is 5.16 Å². The fraction of sp³-hybridized carbons (Fsp3) is 0.909. The summed E-state index contributed by atoms with van der Waals surface area (Å²) in [5.41, 5.74) is 0.332. The zero-order valence-electron chi connectivity index (χ0n) is 11.0. The van der Waals surface area contributed by atoms with E-state index < -0.39 is 0 Å². The first kappa shape index (κ1) is 11.9. The third kappa shape index (κ3) is 1.49. The molecule has 16 heavy (non-hydrogen) atoms. The molecule has 0 aromatic carbocycles. The summed E-state index contributed by atoms with van der Waals surface area (Å²) < 4.78 is 12.1. The summed E-state index contributed by atoms with van der Waals surface area (Å²) >= 11 is 0. The van der Waals surface area contributed by atoms with Gasteiger partial charge < -0.3 is 14.1 Å². The number of hydrogen-bond donors (Lipinski definition) is 0. The van der Waals surface area contributed by atoms with E-state index in [1.165, 1.54) is 0 Å². The molecule has 0 amide bonds. The average molecular weight is 225 g/mol. The van der Waals surface area contributed by atoms with Crippen LogP contribution in [0.5, 0.6) is 0 Å². The van der Waals surface area contributed by atoms with Crippen molar-refractivity contribution in [1.82, 2.24) is 0 Å². The molecule has 0 aliphatic carbocycles. The van der Waals surface area contributed by atoms with Gasteiger partial charge in [-0.2, -0.15) is 0 Å². The van der Waals surface area contributed by atoms with Crippen molar-refractivity contribution >= 4 is 12.8 Å². The van der Waals surface area contributed by atoms with Gasteiger partial charge in [-0.05, 0) is 34.6 Å². The van der Waals surface area contributed by atoms with Crippen molar-refractivity contribution in [3.63, 3.8) is 0 Å². The van der Waals surface area contributed by atoms with E-state index in [-0.39, 0.29) is 23.6 Å². The van der Waals surface area contributed by atoms with E-state index in [1.807, 2.05) is 6.92 Å². The zero-order valence-corrected chi connectivity index (χ0v) is 11.0. The molecule has 2 heterocycles. The van der Waals surface area contributed by atoms with Gasteiger partial charge in [0.1, 0.15) is 6.61 Å². The molecule has 90 valence electrons. The summed E-state index contributed by atoms with van der Waals surface area (Å²) in [5, 5.41) is 3.71. The van der Waals surface area contributed by atoms with Crippen LogP contribution in [0.25, 0.3) is 0 Å². The molecule has 0 spiro atoms. The fourth-order valence-electron chi connectivity index (χ4n) is 1.81. The Kier molecular flexibility index (Phi) is 2.41. The van der Waals surface area contributed by atoms with Crippen molar-refractivity contribution in [3.8, 4) is 0 Å². The molecule has 2 rings (SSSR count). The van der Waals surface area contributed by atoms with Crippen LogP contribution in [0.1, 0.15) is 41.5 Å². The Morgan fingerprint density at radius 2 is 1.56 bits per heavy atom. The molecule has 0 saturated carbocycles. The molecular weight excluding hydrogens is 205 g/mol. The lowest BCUT2D eigenvalue weighted by Gasteiger charge is -2.32. The maximum absolute atomic E-state index is 6.04. The van der Waals surface area contributed by atoms with Crippen LogP contribution in [0.4, 0.5) is 0 Å². The first-order chi connectivity index (χ1) is 7.19. The van der Waals surface area contributed by atoms with E-state index in [4.69, 9.17) is 14.1 Å². The highest BCUT2D eigenvalue weighted by atomic mass is 16.7. The molecule has 1 atom stereocenters. The van der Waals surface area contributed by atoms with Gasteiger partial charge in [-0.1, -0.05) is 12.1 Å². The Balaban J connectivity index is 2.24. The summed E-state index contributed by atoms with van der Waals surface area (Å²) in [5.74, 6) is 0.